The lowest BCUT2D eigenvalue weighted by molar-refractivity contribution is 0.519. The first-order valence-electron chi connectivity index (χ1n) is 5.82. The molecule has 1 heterocycles. The lowest BCUT2D eigenvalue weighted by Gasteiger charge is -2.14. The topological polar surface area (TPSA) is 37.8 Å². The van der Waals surface area contributed by atoms with Gasteiger partial charge in [-0.3, -0.25) is 0 Å². The summed E-state index contributed by atoms with van der Waals surface area (Å²) in [5, 5.41) is 3.30. The zero-order chi connectivity index (χ0) is 12.0. The van der Waals surface area contributed by atoms with E-state index in [-0.39, 0.29) is 0 Å². The van der Waals surface area contributed by atoms with Gasteiger partial charge in [0.2, 0.25) is 5.95 Å². The van der Waals surface area contributed by atoms with Gasteiger partial charge in [0, 0.05) is 18.4 Å². The van der Waals surface area contributed by atoms with Gasteiger partial charge in [0.25, 0.3) is 0 Å². The summed E-state index contributed by atoms with van der Waals surface area (Å²) >= 11 is 3.32. The Balaban J connectivity index is 2.28. The number of nitrogens with zero attached hydrogens (tertiary/aromatic N) is 2. The molecule has 0 aliphatic heterocycles. The fraction of sp³-hybridized carbons (Fsp3) is 0.667. The summed E-state index contributed by atoms with van der Waals surface area (Å²) in [6, 6.07) is 0.430. The zero-order valence-corrected chi connectivity index (χ0v) is 11.8. The van der Waals surface area contributed by atoms with Crippen LogP contribution in [0.3, 0.4) is 0 Å². The SMILES string of the molecule is CC(C)CCCC(C)Nc1ncc(Br)cn1. The van der Waals surface area contributed by atoms with Gasteiger partial charge in [0.1, 0.15) is 0 Å². The number of nitrogens with one attached hydrogen (secondary N) is 1. The molecule has 0 fully saturated rings. The molecule has 16 heavy (non-hydrogen) atoms. The summed E-state index contributed by atoms with van der Waals surface area (Å²) < 4.78 is 0.908. The Morgan fingerprint density at radius 3 is 2.38 bits per heavy atom. The average molecular weight is 286 g/mol. The number of rotatable bonds is 6. The van der Waals surface area contributed by atoms with Crippen LogP contribution in [0.1, 0.15) is 40.0 Å². The molecule has 1 N–H and O–H groups in total. The molecule has 0 aliphatic rings. The number of aromatic nitrogens is 2. The Morgan fingerprint density at radius 2 is 1.81 bits per heavy atom. The quantitative estimate of drug-likeness (QED) is 0.862. The van der Waals surface area contributed by atoms with Gasteiger partial charge < -0.3 is 5.32 Å². The summed E-state index contributed by atoms with van der Waals surface area (Å²) in [6.07, 6.45) is 7.22. The second-order valence-corrected chi connectivity index (χ2v) is 5.51. The monoisotopic (exact) mass is 285 g/mol. The van der Waals surface area contributed by atoms with Crippen LogP contribution in [-0.4, -0.2) is 16.0 Å². The third-order valence-corrected chi connectivity index (χ3v) is 2.82. The molecule has 0 radical (unpaired) electrons. The molecule has 0 aliphatic carbocycles. The molecule has 0 aromatic carbocycles. The van der Waals surface area contributed by atoms with Crippen LogP contribution in [-0.2, 0) is 0 Å². The second-order valence-electron chi connectivity index (χ2n) is 4.60. The summed E-state index contributed by atoms with van der Waals surface area (Å²) in [4.78, 5) is 8.38. The average Bonchev–Trinajstić information content (AvgIpc) is 2.21. The van der Waals surface area contributed by atoms with Gasteiger partial charge in [-0.2, -0.15) is 0 Å². The number of hydrogen-bond acceptors (Lipinski definition) is 3. The van der Waals surface area contributed by atoms with Gasteiger partial charge in [-0.15, -0.1) is 0 Å². The van der Waals surface area contributed by atoms with E-state index in [0.717, 1.165) is 16.8 Å². The molecule has 1 unspecified atom stereocenters. The minimum absolute atomic E-state index is 0.430. The lowest BCUT2D eigenvalue weighted by atomic mass is 10.0. The highest BCUT2D eigenvalue weighted by atomic mass is 79.9. The molecule has 3 nitrogen and oxygen atoms in total. The fourth-order valence-electron chi connectivity index (χ4n) is 1.51. The zero-order valence-electron chi connectivity index (χ0n) is 10.2. The third kappa shape index (κ3) is 5.45. The van der Waals surface area contributed by atoms with Crippen molar-refractivity contribution in [2.45, 2.75) is 46.1 Å². The molecule has 1 aromatic rings. The van der Waals surface area contributed by atoms with E-state index in [1.54, 1.807) is 12.4 Å². The Labute approximate surface area is 106 Å². The highest BCUT2D eigenvalue weighted by molar-refractivity contribution is 9.10. The fourth-order valence-corrected chi connectivity index (χ4v) is 1.72. The summed E-state index contributed by atoms with van der Waals surface area (Å²) in [7, 11) is 0. The molecule has 1 aromatic heterocycles. The lowest BCUT2D eigenvalue weighted by Crippen LogP contribution is -2.16. The molecule has 0 amide bonds. The molecular formula is C12H20BrN3. The summed E-state index contributed by atoms with van der Waals surface area (Å²) in [6.45, 7) is 6.69. The van der Waals surface area contributed by atoms with Crippen molar-refractivity contribution >= 4 is 21.9 Å². The van der Waals surface area contributed by atoms with E-state index < -0.39 is 0 Å². The van der Waals surface area contributed by atoms with Crippen molar-refractivity contribution in [3.63, 3.8) is 0 Å². The van der Waals surface area contributed by atoms with E-state index in [2.05, 4.69) is 52.0 Å². The molecule has 0 saturated carbocycles. The van der Waals surface area contributed by atoms with Crippen molar-refractivity contribution in [1.82, 2.24) is 9.97 Å². The molecule has 4 heteroatoms. The van der Waals surface area contributed by atoms with Crippen LogP contribution in [0.15, 0.2) is 16.9 Å². The van der Waals surface area contributed by atoms with Crippen LogP contribution in [0, 0.1) is 5.92 Å². The van der Waals surface area contributed by atoms with Gasteiger partial charge in [-0.05, 0) is 35.2 Å². The van der Waals surface area contributed by atoms with E-state index >= 15 is 0 Å². The molecular weight excluding hydrogens is 266 g/mol. The van der Waals surface area contributed by atoms with Crippen molar-refractivity contribution in [1.29, 1.82) is 0 Å². The second kappa shape index (κ2) is 6.84. The first kappa shape index (κ1) is 13.4. The first-order chi connectivity index (χ1) is 7.58. The third-order valence-electron chi connectivity index (χ3n) is 2.41. The highest BCUT2D eigenvalue weighted by Gasteiger charge is 2.04. The minimum Gasteiger partial charge on any atom is -0.352 e. The number of hydrogen-bond donors (Lipinski definition) is 1. The number of anilines is 1. The Bertz CT molecular complexity index is 298. The van der Waals surface area contributed by atoms with Crippen LogP contribution in [0.5, 0.6) is 0 Å². The van der Waals surface area contributed by atoms with Crippen LogP contribution in [0.4, 0.5) is 5.95 Å². The molecule has 90 valence electrons. The van der Waals surface area contributed by atoms with Crippen LogP contribution in [0.25, 0.3) is 0 Å². The molecule has 0 saturated heterocycles. The van der Waals surface area contributed by atoms with Gasteiger partial charge in [0.15, 0.2) is 0 Å². The van der Waals surface area contributed by atoms with Crippen LogP contribution >= 0.6 is 15.9 Å². The van der Waals surface area contributed by atoms with Gasteiger partial charge in [0.05, 0.1) is 4.47 Å². The number of halogens is 1. The van der Waals surface area contributed by atoms with Crippen molar-refractivity contribution in [3.05, 3.63) is 16.9 Å². The maximum absolute atomic E-state index is 4.19. The van der Waals surface area contributed by atoms with E-state index in [9.17, 15) is 0 Å². The van der Waals surface area contributed by atoms with E-state index in [1.807, 2.05) is 0 Å². The van der Waals surface area contributed by atoms with E-state index in [1.165, 1.54) is 12.8 Å². The first-order valence-corrected chi connectivity index (χ1v) is 6.61. The van der Waals surface area contributed by atoms with E-state index in [4.69, 9.17) is 0 Å². The predicted molar refractivity (Wildman–Crippen MR) is 71.5 cm³/mol. The van der Waals surface area contributed by atoms with Crippen molar-refractivity contribution in [2.24, 2.45) is 5.92 Å². The van der Waals surface area contributed by atoms with Gasteiger partial charge >= 0.3 is 0 Å². The molecule has 1 atom stereocenters. The van der Waals surface area contributed by atoms with Crippen molar-refractivity contribution in [2.75, 3.05) is 5.32 Å². The Kier molecular flexibility index (Phi) is 5.74. The van der Waals surface area contributed by atoms with Crippen LogP contribution in [0.2, 0.25) is 0 Å². The van der Waals surface area contributed by atoms with Crippen molar-refractivity contribution in [3.8, 4) is 0 Å². The maximum Gasteiger partial charge on any atom is 0.222 e. The van der Waals surface area contributed by atoms with E-state index in [0.29, 0.717) is 12.0 Å². The highest BCUT2D eigenvalue weighted by Crippen LogP contribution is 2.12. The maximum atomic E-state index is 4.19. The summed E-state index contributed by atoms with van der Waals surface area (Å²) in [5.41, 5.74) is 0. The Morgan fingerprint density at radius 1 is 1.19 bits per heavy atom. The predicted octanol–water partition coefficient (Wildman–Crippen LogP) is 3.87. The molecule has 0 bridgehead atoms. The molecule has 1 rings (SSSR count). The van der Waals surface area contributed by atoms with Crippen LogP contribution < -0.4 is 5.32 Å². The normalized spacial score (nSPS) is 12.8. The Hall–Kier alpha value is -0.640. The van der Waals surface area contributed by atoms with Crippen molar-refractivity contribution < 1.29 is 0 Å². The molecule has 0 spiro atoms. The summed E-state index contributed by atoms with van der Waals surface area (Å²) in [5.74, 6) is 1.50. The minimum atomic E-state index is 0.430. The van der Waals surface area contributed by atoms with Gasteiger partial charge in [-0.25, -0.2) is 9.97 Å². The smallest absolute Gasteiger partial charge is 0.222 e. The van der Waals surface area contributed by atoms with Gasteiger partial charge in [-0.1, -0.05) is 26.7 Å². The largest absolute Gasteiger partial charge is 0.352 e. The standard InChI is InChI=1S/C12H20BrN3/c1-9(2)5-4-6-10(3)16-12-14-7-11(13)8-15-12/h7-10H,4-6H2,1-3H3,(H,14,15,16).